The first kappa shape index (κ1) is 6.10. The highest BCUT2D eigenvalue weighted by Gasteiger charge is 2.08. The number of aromatic nitrogens is 1. The Hall–Kier alpha value is -0.630. The van der Waals surface area contributed by atoms with Gasteiger partial charge in [-0.15, -0.1) is 0 Å². The minimum Gasteiger partial charge on any atom is -0.200 e. The molecule has 0 radical (unpaired) electrons. The molecule has 0 N–H and O–H groups in total. The van der Waals surface area contributed by atoms with Crippen LogP contribution in [0.15, 0.2) is 11.8 Å². The summed E-state index contributed by atoms with van der Waals surface area (Å²) in [6.07, 6.45) is 6.61. The molecule has 1 aliphatic rings. The first-order valence-electron chi connectivity index (χ1n) is 3.47. The molecule has 2 heteroatoms. The van der Waals surface area contributed by atoms with E-state index in [1.165, 1.54) is 28.9 Å². The Morgan fingerprint density at radius 2 is 2.40 bits per heavy atom. The molecule has 0 fully saturated rings. The highest BCUT2D eigenvalue weighted by Crippen LogP contribution is 2.25. The van der Waals surface area contributed by atoms with E-state index in [1.807, 2.05) is 6.20 Å². The molecule has 0 saturated heterocycles. The van der Waals surface area contributed by atoms with Gasteiger partial charge in [0.05, 0.1) is 0 Å². The Balaban J connectivity index is 2.50. The smallest absolute Gasteiger partial charge is 0.0482 e. The normalized spacial score (nSPS) is 16.3. The summed E-state index contributed by atoms with van der Waals surface area (Å²) >= 11 is 1.63. The topological polar surface area (TPSA) is 12.9 Å². The van der Waals surface area contributed by atoms with Gasteiger partial charge in [0.15, 0.2) is 0 Å². The van der Waals surface area contributed by atoms with Crippen LogP contribution < -0.4 is 0 Å². The number of fused-ring (bicyclic) bond motifs is 1. The molecular formula is C8H9NS. The van der Waals surface area contributed by atoms with Crippen molar-refractivity contribution in [2.75, 3.05) is 0 Å². The second-order valence-electron chi connectivity index (χ2n) is 2.70. The maximum atomic E-state index is 4.14. The third-order valence-electron chi connectivity index (χ3n) is 1.82. The lowest BCUT2D eigenvalue weighted by Crippen LogP contribution is -1.91. The first-order chi connectivity index (χ1) is 4.86. The van der Waals surface area contributed by atoms with Crippen molar-refractivity contribution < 1.29 is 0 Å². The highest BCUT2D eigenvalue weighted by molar-refractivity contribution is 7.06. The number of aryl methyl sites for hydroxylation is 1. The van der Waals surface area contributed by atoms with Gasteiger partial charge in [-0.2, -0.15) is 0 Å². The Bertz CT molecular complexity index is 273. The Morgan fingerprint density at radius 1 is 1.50 bits per heavy atom. The first-order valence-corrected chi connectivity index (χ1v) is 4.24. The van der Waals surface area contributed by atoms with E-state index in [-0.39, 0.29) is 0 Å². The van der Waals surface area contributed by atoms with E-state index >= 15 is 0 Å². The van der Waals surface area contributed by atoms with Crippen LogP contribution in [0.4, 0.5) is 0 Å². The average Bonchev–Trinajstić information content (AvgIpc) is 2.33. The monoisotopic (exact) mass is 151 g/mol. The van der Waals surface area contributed by atoms with Gasteiger partial charge < -0.3 is 0 Å². The van der Waals surface area contributed by atoms with Crippen LogP contribution in [0, 0.1) is 0 Å². The molecule has 0 bridgehead atoms. The summed E-state index contributed by atoms with van der Waals surface area (Å²) in [7, 11) is 0. The van der Waals surface area contributed by atoms with Crippen molar-refractivity contribution in [1.29, 1.82) is 0 Å². The molecule has 52 valence electrons. The minimum atomic E-state index is 1.20. The lowest BCUT2D eigenvalue weighted by Gasteiger charge is -2.06. The summed E-state index contributed by atoms with van der Waals surface area (Å²) in [4.78, 5) is 1.45. The second kappa shape index (κ2) is 2.20. The fraction of sp³-hybridized carbons (Fsp3) is 0.375. The molecule has 0 unspecified atom stereocenters. The van der Waals surface area contributed by atoms with Gasteiger partial charge in [-0.1, -0.05) is 11.6 Å². The summed E-state index contributed by atoms with van der Waals surface area (Å²) in [6, 6.07) is 0. The third kappa shape index (κ3) is 0.886. The molecule has 0 aliphatic heterocycles. The summed E-state index contributed by atoms with van der Waals surface area (Å²) < 4.78 is 4.14. The van der Waals surface area contributed by atoms with Crippen LogP contribution in [-0.4, -0.2) is 4.37 Å². The SMILES string of the molecule is CC1=Cc2cnsc2CC1. The number of rotatable bonds is 0. The van der Waals surface area contributed by atoms with E-state index in [9.17, 15) is 0 Å². The van der Waals surface area contributed by atoms with E-state index < -0.39 is 0 Å². The molecule has 0 saturated carbocycles. The third-order valence-corrected chi connectivity index (χ3v) is 2.70. The van der Waals surface area contributed by atoms with E-state index in [4.69, 9.17) is 0 Å². The molecule has 1 nitrogen and oxygen atoms in total. The van der Waals surface area contributed by atoms with Crippen molar-refractivity contribution in [3.05, 3.63) is 22.2 Å². The molecule has 2 rings (SSSR count). The lowest BCUT2D eigenvalue weighted by molar-refractivity contribution is 0.948. The van der Waals surface area contributed by atoms with Gasteiger partial charge in [0.2, 0.25) is 0 Å². The molecule has 0 amide bonds. The van der Waals surface area contributed by atoms with Crippen LogP contribution in [0.1, 0.15) is 23.8 Å². The molecular weight excluding hydrogens is 142 g/mol. The zero-order valence-corrected chi connectivity index (χ0v) is 6.74. The average molecular weight is 151 g/mol. The van der Waals surface area contributed by atoms with Crippen LogP contribution in [0.25, 0.3) is 6.08 Å². The van der Waals surface area contributed by atoms with E-state index in [1.54, 1.807) is 11.5 Å². The Labute approximate surface area is 64.6 Å². The van der Waals surface area contributed by atoms with Gasteiger partial charge in [-0.25, -0.2) is 4.37 Å². The highest BCUT2D eigenvalue weighted by atomic mass is 32.1. The Morgan fingerprint density at radius 3 is 3.30 bits per heavy atom. The van der Waals surface area contributed by atoms with Gasteiger partial charge in [0, 0.05) is 16.6 Å². The predicted octanol–water partition coefficient (Wildman–Crippen LogP) is 2.49. The van der Waals surface area contributed by atoms with Gasteiger partial charge in [0.1, 0.15) is 0 Å². The van der Waals surface area contributed by atoms with Crippen molar-refractivity contribution in [2.24, 2.45) is 0 Å². The maximum absolute atomic E-state index is 4.14. The molecule has 1 aromatic rings. The van der Waals surface area contributed by atoms with Crippen molar-refractivity contribution >= 4 is 17.6 Å². The number of nitrogens with zero attached hydrogens (tertiary/aromatic N) is 1. The summed E-state index contributed by atoms with van der Waals surface area (Å²) in [5.41, 5.74) is 2.82. The van der Waals surface area contributed by atoms with Crippen molar-refractivity contribution in [1.82, 2.24) is 4.37 Å². The van der Waals surface area contributed by atoms with Crippen LogP contribution in [0.2, 0.25) is 0 Å². The van der Waals surface area contributed by atoms with Crippen molar-refractivity contribution in [2.45, 2.75) is 19.8 Å². The zero-order chi connectivity index (χ0) is 6.97. The molecule has 0 spiro atoms. The fourth-order valence-electron chi connectivity index (χ4n) is 1.23. The largest absolute Gasteiger partial charge is 0.200 e. The fourth-order valence-corrected chi connectivity index (χ4v) is 1.93. The van der Waals surface area contributed by atoms with Crippen molar-refractivity contribution in [3.8, 4) is 0 Å². The second-order valence-corrected chi connectivity index (χ2v) is 3.58. The zero-order valence-electron chi connectivity index (χ0n) is 5.92. The standard InChI is InChI=1S/C8H9NS/c1-6-2-3-8-7(4-6)5-9-10-8/h4-5H,2-3H2,1H3. The number of hydrogen-bond acceptors (Lipinski definition) is 2. The van der Waals surface area contributed by atoms with Crippen LogP contribution in [0.3, 0.4) is 0 Å². The van der Waals surface area contributed by atoms with Gasteiger partial charge in [-0.3, -0.25) is 0 Å². The Kier molecular flexibility index (Phi) is 1.34. The summed E-state index contributed by atoms with van der Waals surface area (Å²) in [5, 5.41) is 0. The van der Waals surface area contributed by atoms with Gasteiger partial charge >= 0.3 is 0 Å². The van der Waals surface area contributed by atoms with E-state index in [0.29, 0.717) is 0 Å². The van der Waals surface area contributed by atoms with Crippen LogP contribution in [-0.2, 0) is 6.42 Å². The molecule has 1 heterocycles. The van der Waals surface area contributed by atoms with Crippen LogP contribution >= 0.6 is 11.5 Å². The van der Waals surface area contributed by atoms with Gasteiger partial charge in [0.25, 0.3) is 0 Å². The van der Waals surface area contributed by atoms with Gasteiger partial charge in [-0.05, 0) is 31.3 Å². The summed E-state index contributed by atoms with van der Waals surface area (Å²) in [6.45, 7) is 2.18. The molecule has 10 heavy (non-hydrogen) atoms. The van der Waals surface area contributed by atoms with E-state index in [2.05, 4.69) is 17.4 Å². The number of allylic oxidation sites excluding steroid dienone is 1. The maximum Gasteiger partial charge on any atom is 0.0482 e. The molecule has 1 aliphatic carbocycles. The quantitative estimate of drug-likeness (QED) is 0.555. The van der Waals surface area contributed by atoms with E-state index in [0.717, 1.165) is 0 Å². The van der Waals surface area contributed by atoms with Crippen molar-refractivity contribution in [3.63, 3.8) is 0 Å². The molecule has 1 aromatic heterocycles. The predicted molar refractivity (Wildman–Crippen MR) is 44.1 cm³/mol. The lowest BCUT2D eigenvalue weighted by atomic mass is 10.0. The summed E-state index contributed by atoms with van der Waals surface area (Å²) in [5.74, 6) is 0. The molecule has 0 atom stereocenters. The number of hydrogen-bond donors (Lipinski definition) is 0. The molecule has 0 aromatic carbocycles. The minimum absolute atomic E-state index is 1.20. The van der Waals surface area contributed by atoms with Crippen LogP contribution in [0.5, 0.6) is 0 Å².